The monoisotopic (exact) mass is 398 g/mol. The van der Waals surface area contributed by atoms with Gasteiger partial charge in [-0.05, 0) is 43.0 Å². The van der Waals surface area contributed by atoms with E-state index in [0.717, 1.165) is 43.7 Å². The molecule has 0 atom stereocenters. The van der Waals surface area contributed by atoms with Gasteiger partial charge >= 0.3 is 0 Å². The van der Waals surface area contributed by atoms with Crippen LogP contribution in [0.2, 0.25) is 0 Å². The summed E-state index contributed by atoms with van der Waals surface area (Å²) in [6, 6.07) is 13.2. The van der Waals surface area contributed by atoms with Crippen LogP contribution in [-0.4, -0.2) is 34.0 Å². The molecule has 1 aromatic heterocycles. The lowest BCUT2D eigenvalue weighted by Gasteiger charge is -2.32. The van der Waals surface area contributed by atoms with Crippen LogP contribution in [0.3, 0.4) is 0 Å². The molecule has 0 unspecified atom stereocenters. The third kappa shape index (κ3) is 4.76. The Morgan fingerprint density at radius 1 is 1.23 bits per heavy atom. The Hall–Kier alpha value is -3.43. The van der Waals surface area contributed by atoms with Crippen molar-refractivity contribution in [1.29, 1.82) is 5.26 Å². The number of benzene rings is 1. The Bertz CT molecular complexity index is 1010. The first-order valence-corrected chi connectivity index (χ1v) is 10.3. The Morgan fingerprint density at radius 2 is 2.03 bits per heavy atom. The van der Waals surface area contributed by atoms with Crippen LogP contribution in [0, 0.1) is 18.3 Å². The first-order chi connectivity index (χ1) is 14.7. The maximum absolute atomic E-state index is 9.73. The topological polar surface area (TPSA) is 76.9 Å². The molecule has 0 spiro atoms. The largest absolute Gasteiger partial charge is 0.361 e. The van der Waals surface area contributed by atoms with Gasteiger partial charge in [0.15, 0.2) is 0 Å². The Labute approximate surface area is 177 Å². The van der Waals surface area contributed by atoms with E-state index in [1.807, 2.05) is 31.4 Å². The van der Waals surface area contributed by atoms with Gasteiger partial charge in [-0.15, -0.1) is 0 Å². The molecule has 2 aliphatic heterocycles. The number of hydrogen-bond acceptors (Lipinski definition) is 6. The normalized spacial score (nSPS) is 18.5. The van der Waals surface area contributed by atoms with Gasteiger partial charge in [0, 0.05) is 38.1 Å². The number of rotatable bonds is 5. The number of nitrogens with zero attached hydrogens (tertiary/aromatic N) is 4. The third-order valence-electron chi connectivity index (χ3n) is 5.47. The first kappa shape index (κ1) is 19.9. The molecule has 2 aromatic rings. The molecule has 3 heterocycles. The Kier molecular flexibility index (Phi) is 6.21. The molecule has 30 heavy (non-hydrogen) atoms. The molecular formula is C24H26N6. The van der Waals surface area contributed by atoms with Crippen molar-refractivity contribution in [1.82, 2.24) is 20.2 Å². The summed E-state index contributed by atoms with van der Waals surface area (Å²) in [6.07, 6.45) is 11.4. The van der Waals surface area contributed by atoms with Crippen molar-refractivity contribution in [2.75, 3.05) is 18.4 Å². The average molecular weight is 399 g/mol. The van der Waals surface area contributed by atoms with Crippen LogP contribution in [0.15, 0.2) is 66.7 Å². The van der Waals surface area contributed by atoms with Crippen molar-refractivity contribution in [3.05, 3.63) is 83.5 Å². The standard InChI is InChI=1S/C24H26N6/c1-18-16-27-24(29-23(18)21(15-25)22-9-5-6-12-26-22)28-20-10-13-30(14-11-20)17-19-7-3-2-4-8-19/h2-9,12,16,20,26H,10-11,13-14,17H2,1H3,(H,27,28,29). The van der Waals surface area contributed by atoms with Crippen LogP contribution in [0.5, 0.6) is 0 Å². The predicted molar refractivity (Wildman–Crippen MR) is 119 cm³/mol. The molecule has 0 amide bonds. The van der Waals surface area contributed by atoms with E-state index in [2.05, 4.69) is 61.9 Å². The maximum Gasteiger partial charge on any atom is 0.223 e. The van der Waals surface area contributed by atoms with E-state index in [1.54, 1.807) is 6.20 Å². The zero-order chi connectivity index (χ0) is 20.8. The van der Waals surface area contributed by atoms with E-state index in [0.29, 0.717) is 23.3 Å². The third-order valence-corrected chi connectivity index (χ3v) is 5.47. The molecule has 1 aromatic carbocycles. The number of piperidine rings is 1. The molecule has 0 bridgehead atoms. The van der Waals surface area contributed by atoms with Crippen molar-refractivity contribution in [3.63, 3.8) is 0 Å². The van der Waals surface area contributed by atoms with Crippen molar-refractivity contribution in [3.8, 4) is 6.07 Å². The van der Waals surface area contributed by atoms with Gasteiger partial charge in [0.25, 0.3) is 0 Å². The van der Waals surface area contributed by atoms with E-state index in [9.17, 15) is 5.26 Å². The fourth-order valence-electron chi connectivity index (χ4n) is 3.81. The highest BCUT2D eigenvalue weighted by atomic mass is 15.2. The minimum absolute atomic E-state index is 0.335. The number of dihydropyridines is 1. The summed E-state index contributed by atoms with van der Waals surface area (Å²) in [4.78, 5) is 11.6. The molecule has 4 rings (SSSR count). The summed E-state index contributed by atoms with van der Waals surface area (Å²) in [5.74, 6) is 0.584. The summed E-state index contributed by atoms with van der Waals surface area (Å²) in [5, 5.41) is 16.3. The number of aryl methyl sites for hydroxylation is 1. The smallest absolute Gasteiger partial charge is 0.223 e. The molecule has 0 aliphatic carbocycles. The van der Waals surface area contributed by atoms with Gasteiger partial charge in [0.2, 0.25) is 5.95 Å². The van der Waals surface area contributed by atoms with Crippen molar-refractivity contribution < 1.29 is 0 Å². The fraction of sp³-hybridized carbons (Fsp3) is 0.292. The first-order valence-electron chi connectivity index (χ1n) is 10.3. The quantitative estimate of drug-likeness (QED) is 0.747. The lowest BCUT2D eigenvalue weighted by atomic mass is 10.0. The summed E-state index contributed by atoms with van der Waals surface area (Å²) in [5.41, 5.74) is 4.18. The lowest BCUT2D eigenvalue weighted by Crippen LogP contribution is -2.39. The lowest BCUT2D eigenvalue weighted by molar-refractivity contribution is 0.211. The number of nitriles is 1. The minimum atomic E-state index is 0.335. The van der Waals surface area contributed by atoms with Crippen LogP contribution in [0.25, 0.3) is 5.57 Å². The molecule has 152 valence electrons. The number of allylic oxidation sites excluding steroid dienone is 4. The van der Waals surface area contributed by atoms with Crippen molar-refractivity contribution >= 4 is 11.5 Å². The van der Waals surface area contributed by atoms with Gasteiger partial charge in [-0.2, -0.15) is 5.26 Å². The van der Waals surface area contributed by atoms with Gasteiger partial charge in [-0.3, -0.25) is 4.90 Å². The molecule has 0 saturated carbocycles. The van der Waals surface area contributed by atoms with Crippen LogP contribution in [0.1, 0.15) is 29.7 Å². The Morgan fingerprint density at radius 3 is 2.73 bits per heavy atom. The second kappa shape index (κ2) is 9.38. The second-order valence-corrected chi connectivity index (χ2v) is 7.67. The van der Waals surface area contributed by atoms with Crippen molar-refractivity contribution in [2.45, 2.75) is 32.4 Å². The van der Waals surface area contributed by atoms with Crippen LogP contribution >= 0.6 is 0 Å². The van der Waals surface area contributed by atoms with Gasteiger partial charge in [0.05, 0.1) is 11.4 Å². The van der Waals surface area contributed by atoms with Gasteiger partial charge in [-0.25, -0.2) is 9.97 Å². The molecule has 6 nitrogen and oxygen atoms in total. The zero-order valence-corrected chi connectivity index (χ0v) is 17.2. The summed E-state index contributed by atoms with van der Waals surface area (Å²) in [6.45, 7) is 5.01. The molecule has 2 aliphatic rings. The molecule has 1 saturated heterocycles. The average Bonchev–Trinajstić information content (AvgIpc) is 2.79. The maximum atomic E-state index is 9.73. The number of hydrogen-bond donors (Lipinski definition) is 2. The van der Waals surface area contributed by atoms with Crippen molar-refractivity contribution in [2.24, 2.45) is 0 Å². The molecule has 2 N–H and O–H groups in total. The SMILES string of the molecule is Cc1cnc(NC2CCN(Cc3ccccc3)CC2)nc1C(C#N)=C1C=CC=CN1. The summed E-state index contributed by atoms with van der Waals surface area (Å²) < 4.78 is 0. The van der Waals surface area contributed by atoms with E-state index in [4.69, 9.17) is 0 Å². The zero-order valence-electron chi connectivity index (χ0n) is 17.2. The number of anilines is 1. The predicted octanol–water partition coefficient (Wildman–Crippen LogP) is 3.77. The van der Waals surface area contributed by atoms with Crippen LogP contribution in [0.4, 0.5) is 5.95 Å². The van der Waals surface area contributed by atoms with Gasteiger partial charge in [0.1, 0.15) is 11.6 Å². The highest BCUT2D eigenvalue weighted by molar-refractivity contribution is 5.80. The van der Waals surface area contributed by atoms with E-state index < -0.39 is 0 Å². The van der Waals surface area contributed by atoms with Crippen LogP contribution in [-0.2, 0) is 6.54 Å². The summed E-state index contributed by atoms with van der Waals surface area (Å²) in [7, 11) is 0. The highest BCUT2D eigenvalue weighted by Crippen LogP contribution is 2.23. The number of likely N-dealkylation sites (tertiary alicyclic amines) is 1. The second-order valence-electron chi connectivity index (χ2n) is 7.67. The number of nitrogens with one attached hydrogen (secondary N) is 2. The van der Waals surface area contributed by atoms with E-state index in [-0.39, 0.29) is 0 Å². The Balaban J connectivity index is 1.41. The minimum Gasteiger partial charge on any atom is -0.361 e. The van der Waals surface area contributed by atoms with E-state index in [1.165, 1.54) is 5.56 Å². The van der Waals surface area contributed by atoms with Crippen LogP contribution < -0.4 is 10.6 Å². The molecule has 6 heteroatoms. The molecular weight excluding hydrogens is 372 g/mol. The molecule has 0 radical (unpaired) electrons. The van der Waals surface area contributed by atoms with Gasteiger partial charge < -0.3 is 10.6 Å². The molecule has 1 fully saturated rings. The van der Waals surface area contributed by atoms with E-state index >= 15 is 0 Å². The highest BCUT2D eigenvalue weighted by Gasteiger charge is 2.21. The van der Waals surface area contributed by atoms with Gasteiger partial charge in [-0.1, -0.05) is 36.4 Å². The fourth-order valence-corrected chi connectivity index (χ4v) is 3.81. The summed E-state index contributed by atoms with van der Waals surface area (Å²) >= 11 is 0. The number of aromatic nitrogens is 2.